The summed E-state index contributed by atoms with van der Waals surface area (Å²) in [7, 11) is 0. The molecule has 3 atom stereocenters. The second-order valence-corrected chi connectivity index (χ2v) is 3.24. The van der Waals surface area contributed by atoms with Crippen molar-refractivity contribution in [2.75, 3.05) is 6.61 Å². The zero-order valence-electron chi connectivity index (χ0n) is 6.42. The van der Waals surface area contributed by atoms with Gasteiger partial charge in [-0.2, -0.15) is 0 Å². The summed E-state index contributed by atoms with van der Waals surface area (Å²) >= 11 is 0.628. The first-order valence-corrected chi connectivity index (χ1v) is 4.59. The van der Waals surface area contributed by atoms with Crippen LogP contribution in [0.1, 0.15) is 0 Å². The molecule has 0 spiro atoms. The van der Waals surface area contributed by atoms with Gasteiger partial charge < -0.3 is 20.1 Å². The van der Waals surface area contributed by atoms with Crippen LogP contribution >= 0.6 is 11.4 Å². The van der Waals surface area contributed by atoms with E-state index >= 15 is 0 Å². The molecule has 0 aromatic rings. The van der Waals surface area contributed by atoms with Crippen LogP contribution in [-0.2, 0) is 4.74 Å². The molecule has 0 aliphatic carbocycles. The smallest absolute Gasteiger partial charge is 0.151 e. The molecule has 0 bridgehead atoms. The van der Waals surface area contributed by atoms with E-state index in [0.717, 1.165) is 0 Å². The summed E-state index contributed by atoms with van der Waals surface area (Å²) in [5, 5.41) is 27.7. The van der Waals surface area contributed by atoms with Gasteiger partial charge in [0.05, 0.1) is 6.61 Å². The third-order valence-corrected chi connectivity index (χ3v) is 2.22. The zero-order chi connectivity index (χ0) is 9.14. The van der Waals surface area contributed by atoms with E-state index in [1.54, 1.807) is 0 Å². The average molecular weight is 192 g/mol. The van der Waals surface area contributed by atoms with Gasteiger partial charge in [0.2, 0.25) is 0 Å². The van der Waals surface area contributed by atoms with E-state index in [1.165, 1.54) is 6.08 Å². The molecule has 1 aliphatic rings. The van der Waals surface area contributed by atoms with Crippen molar-refractivity contribution in [1.82, 2.24) is 0 Å². The highest BCUT2D eigenvalue weighted by atomic mass is 32.1. The maximum absolute atomic E-state index is 9.25. The average Bonchev–Trinajstić information content (AvgIpc) is 2.09. The number of thiol groups is 1. The van der Waals surface area contributed by atoms with E-state index in [0.29, 0.717) is 16.4 Å². The van der Waals surface area contributed by atoms with E-state index in [2.05, 4.69) is 5.87 Å². The largest absolute Gasteiger partial charge is 0.480 e. The van der Waals surface area contributed by atoms with Crippen molar-refractivity contribution < 1.29 is 20.1 Å². The Hall–Kier alpha value is -0.360. The van der Waals surface area contributed by atoms with Gasteiger partial charge in [0.25, 0.3) is 0 Å². The first kappa shape index (κ1) is 9.73. The number of hydrogen-bond acceptors (Lipinski definition) is 4. The molecular formula is C7H12O4S. The van der Waals surface area contributed by atoms with Crippen molar-refractivity contribution in [2.24, 2.45) is 0 Å². The van der Waals surface area contributed by atoms with E-state index in [4.69, 9.17) is 9.84 Å². The highest BCUT2D eigenvalue weighted by molar-refractivity contribution is 8.00. The molecule has 0 radical (unpaired) electrons. The Labute approximate surface area is 74.1 Å². The number of hydrogen-bond donors (Lipinski definition) is 4. The maximum Gasteiger partial charge on any atom is 0.151 e. The third-order valence-electron chi connectivity index (χ3n) is 1.65. The molecule has 1 heterocycles. The van der Waals surface area contributed by atoms with E-state index in [-0.39, 0.29) is 6.61 Å². The van der Waals surface area contributed by atoms with E-state index in [1.807, 2.05) is 0 Å². The minimum absolute atomic E-state index is 0.314. The molecule has 4 nitrogen and oxygen atoms in total. The summed E-state index contributed by atoms with van der Waals surface area (Å²) < 4.78 is 5.09. The summed E-state index contributed by atoms with van der Waals surface area (Å²) in [6, 6.07) is 0. The van der Waals surface area contributed by atoms with Crippen LogP contribution < -0.4 is 0 Å². The fraction of sp³-hybridized carbons (Fsp3) is 0.571. The standard InChI is InChI=1S/C7H12O4S/c1-12-6-2-4(9)7(10)5(3-8)11-6/h2,4-5,7-10,12H,1,3H2. The Morgan fingerprint density at radius 3 is 2.75 bits per heavy atom. The monoisotopic (exact) mass is 192 g/mol. The molecule has 12 heavy (non-hydrogen) atoms. The fourth-order valence-corrected chi connectivity index (χ4v) is 1.43. The van der Waals surface area contributed by atoms with Crippen molar-refractivity contribution >= 4 is 17.2 Å². The molecular weight excluding hydrogens is 180 g/mol. The molecule has 0 fully saturated rings. The van der Waals surface area contributed by atoms with Crippen molar-refractivity contribution in [3.05, 3.63) is 11.2 Å². The van der Waals surface area contributed by atoms with Gasteiger partial charge in [0, 0.05) is 0 Å². The zero-order valence-corrected chi connectivity index (χ0v) is 7.32. The highest BCUT2D eigenvalue weighted by Crippen LogP contribution is 2.21. The van der Waals surface area contributed by atoms with Crippen LogP contribution in [0.4, 0.5) is 0 Å². The van der Waals surface area contributed by atoms with Crippen molar-refractivity contribution in [3.63, 3.8) is 0 Å². The van der Waals surface area contributed by atoms with Crippen LogP contribution in [0, 0.1) is 0 Å². The topological polar surface area (TPSA) is 69.9 Å². The summed E-state index contributed by atoms with van der Waals surface area (Å²) in [4.78, 5) is 0. The molecule has 0 aromatic heterocycles. The summed E-state index contributed by atoms with van der Waals surface area (Å²) in [5.41, 5.74) is 0. The van der Waals surface area contributed by atoms with Gasteiger partial charge in [0.15, 0.2) is 6.10 Å². The number of ether oxygens (including phenoxy) is 1. The maximum atomic E-state index is 9.25. The molecule has 3 unspecified atom stereocenters. The Bertz CT molecular complexity index is 204. The van der Waals surface area contributed by atoms with Crippen molar-refractivity contribution in [2.45, 2.75) is 18.3 Å². The molecule has 70 valence electrons. The van der Waals surface area contributed by atoms with Crippen LogP contribution in [0.5, 0.6) is 0 Å². The minimum Gasteiger partial charge on any atom is -0.480 e. The van der Waals surface area contributed by atoms with Gasteiger partial charge >= 0.3 is 0 Å². The van der Waals surface area contributed by atoms with Crippen molar-refractivity contribution in [1.29, 1.82) is 0 Å². The molecule has 5 heteroatoms. The molecule has 1 rings (SSSR count). The van der Waals surface area contributed by atoms with Gasteiger partial charge in [-0.25, -0.2) is 0 Å². The number of rotatable bonds is 2. The SMILES string of the molecule is C=[SH]C1=CC(O)C(O)C(CO)O1. The Morgan fingerprint density at radius 2 is 2.25 bits per heavy atom. The molecule has 3 N–H and O–H groups in total. The van der Waals surface area contributed by atoms with Crippen LogP contribution in [0.3, 0.4) is 0 Å². The molecule has 0 saturated carbocycles. The predicted molar refractivity (Wildman–Crippen MR) is 48.2 cm³/mol. The quantitative estimate of drug-likeness (QED) is 0.329. The Morgan fingerprint density at radius 1 is 1.58 bits per heavy atom. The Balaban J connectivity index is 2.75. The first-order chi connectivity index (χ1) is 5.69. The molecule has 1 aliphatic heterocycles. The lowest BCUT2D eigenvalue weighted by atomic mass is 10.1. The lowest BCUT2D eigenvalue weighted by molar-refractivity contribution is -0.0837. The normalized spacial score (nSPS) is 35.6. The van der Waals surface area contributed by atoms with Gasteiger partial charge in [-0.3, -0.25) is 0 Å². The summed E-state index contributed by atoms with van der Waals surface area (Å²) in [5.74, 6) is 3.54. The van der Waals surface area contributed by atoms with Crippen LogP contribution in [0.2, 0.25) is 0 Å². The lowest BCUT2D eigenvalue weighted by Gasteiger charge is -2.29. The van der Waals surface area contributed by atoms with E-state index in [9.17, 15) is 10.2 Å². The molecule has 0 amide bonds. The van der Waals surface area contributed by atoms with Crippen LogP contribution in [-0.4, -0.2) is 46.1 Å². The number of aliphatic hydroxyl groups excluding tert-OH is 3. The first-order valence-electron chi connectivity index (χ1n) is 3.51. The van der Waals surface area contributed by atoms with Crippen LogP contribution in [0.25, 0.3) is 0 Å². The molecule has 0 aromatic carbocycles. The predicted octanol–water partition coefficient (Wildman–Crippen LogP) is -1.16. The summed E-state index contributed by atoms with van der Waals surface area (Å²) in [6.07, 6.45) is -1.37. The second-order valence-electron chi connectivity index (χ2n) is 2.48. The lowest BCUT2D eigenvalue weighted by Crippen LogP contribution is -2.43. The third kappa shape index (κ3) is 1.87. The van der Waals surface area contributed by atoms with Crippen LogP contribution in [0.15, 0.2) is 11.2 Å². The number of aliphatic hydroxyl groups is 3. The van der Waals surface area contributed by atoms with Gasteiger partial charge in [-0.15, -0.1) is 11.4 Å². The second kappa shape index (κ2) is 4.04. The molecule has 0 saturated heterocycles. The van der Waals surface area contributed by atoms with Gasteiger partial charge in [-0.05, 0) is 6.08 Å². The van der Waals surface area contributed by atoms with E-state index < -0.39 is 18.3 Å². The fourth-order valence-electron chi connectivity index (χ4n) is 0.964. The highest BCUT2D eigenvalue weighted by Gasteiger charge is 2.30. The van der Waals surface area contributed by atoms with Crippen molar-refractivity contribution in [3.8, 4) is 0 Å². The van der Waals surface area contributed by atoms with Gasteiger partial charge in [-0.1, -0.05) is 5.87 Å². The Kier molecular flexibility index (Phi) is 3.28. The minimum atomic E-state index is -1.06. The summed E-state index contributed by atoms with van der Waals surface area (Å²) in [6.45, 7) is -0.314. The van der Waals surface area contributed by atoms with Gasteiger partial charge in [0.1, 0.15) is 17.3 Å².